The Morgan fingerprint density at radius 1 is 1.36 bits per heavy atom. The predicted molar refractivity (Wildman–Crippen MR) is 52.2 cm³/mol. The normalized spacial score (nSPS) is 10.4. The summed E-state index contributed by atoms with van der Waals surface area (Å²) in [5.41, 5.74) is 6.23. The lowest BCUT2D eigenvalue weighted by Crippen LogP contribution is -1.98. The van der Waals surface area contributed by atoms with Crippen LogP contribution in [-0.4, -0.2) is 22.2 Å². The molecule has 14 heavy (non-hydrogen) atoms. The van der Waals surface area contributed by atoms with Crippen LogP contribution >= 0.6 is 0 Å². The summed E-state index contributed by atoms with van der Waals surface area (Å²) in [5, 5.41) is 9.94. The Kier molecular flexibility index (Phi) is 1.85. The molecule has 0 amide bonds. The van der Waals surface area contributed by atoms with Gasteiger partial charge < -0.3 is 15.6 Å². The first-order valence-corrected chi connectivity index (χ1v) is 4.01. The lowest BCUT2D eigenvalue weighted by atomic mass is 10.2. The number of hydrogen-bond acceptors (Lipinski definition) is 5. The fraction of sp³-hybridized carbons (Fsp3) is 0.111. The van der Waals surface area contributed by atoms with Crippen LogP contribution in [0.2, 0.25) is 0 Å². The minimum atomic E-state index is 0.137. The van der Waals surface area contributed by atoms with E-state index in [0.29, 0.717) is 16.7 Å². The maximum Gasteiger partial charge on any atom is 0.318 e. The van der Waals surface area contributed by atoms with Gasteiger partial charge in [0.05, 0.1) is 12.6 Å². The van der Waals surface area contributed by atoms with E-state index in [4.69, 9.17) is 10.5 Å². The molecule has 0 spiro atoms. The standard InChI is InChI=1S/C9H9N3O2/c1-14-9-11-7-4-5(13)2-3-6(7)8(10)12-9/h2-4,13H,1H3,(H2,10,11,12). The van der Waals surface area contributed by atoms with Crippen LogP contribution in [0.5, 0.6) is 11.8 Å². The Hall–Kier alpha value is -2.04. The Morgan fingerprint density at radius 2 is 2.14 bits per heavy atom. The monoisotopic (exact) mass is 191 g/mol. The number of ether oxygens (including phenoxy) is 1. The largest absolute Gasteiger partial charge is 0.508 e. The summed E-state index contributed by atoms with van der Waals surface area (Å²) >= 11 is 0. The predicted octanol–water partition coefficient (Wildman–Crippen LogP) is 0.926. The molecule has 5 nitrogen and oxygen atoms in total. The highest BCUT2D eigenvalue weighted by Crippen LogP contribution is 2.23. The van der Waals surface area contributed by atoms with Gasteiger partial charge in [0.1, 0.15) is 11.6 Å². The second kappa shape index (κ2) is 3.02. The van der Waals surface area contributed by atoms with Crippen LogP contribution in [0.3, 0.4) is 0 Å². The van der Waals surface area contributed by atoms with E-state index < -0.39 is 0 Å². The number of hydrogen-bond donors (Lipinski definition) is 2. The second-order valence-corrected chi connectivity index (χ2v) is 2.80. The summed E-state index contributed by atoms with van der Waals surface area (Å²) in [5.74, 6) is 0.476. The van der Waals surface area contributed by atoms with Gasteiger partial charge in [0, 0.05) is 11.5 Å². The first kappa shape index (κ1) is 8.55. The third-order valence-electron chi connectivity index (χ3n) is 1.87. The smallest absolute Gasteiger partial charge is 0.318 e. The quantitative estimate of drug-likeness (QED) is 0.700. The number of rotatable bonds is 1. The van der Waals surface area contributed by atoms with Gasteiger partial charge >= 0.3 is 6.01 Å². The molecule has 0 aliphatic rings. The number of nitrogen functional groups attached to an aromatic ring is 1. The first-order chi connectivity index (χ1) is 6.70. The van der Waals surface area contributed by atoms with E-state index >= 15 is 0 Å². The van der Waals surface area contributed by atoms with Gasteiger partial charge in [-0.1, -0.05) is 0 Å². The molecular weight excluding hydrogens is 182 g/mol. The minimum Gasteiger partial charge on any atom is -0.508 e. The summed E-state index contributed by atoms with van der Waals surface area (Å²) in [6.45, 7) is 0. The molecular formula is C9H9N3O2. The molecule has 1 aromatic heterocycles. The molecule has 1 aromatic carbocycles. The number of fused-ring (bicyclic) bond motifs is 1. The Balaban J connectivity index is 2.77. The molecule has 0 saturated carbocycles. The Labute approximate surface area is 80.2 Å². The van der Waals surface area contributed by atoms with Crippen molar-refractivity contribution in [3.63, 3.8) is 0 Å². The van der Waals surface area contributed by atoms with Crippen molar-refractivity contribution in [2.75, 3.05) is 12.8 Å². The van der Waals surface area contributed by atoms with E-state index in [1.807, 2.05) is 0 Å². The van der Waals surface area contributed by atoms with Crippen molar-refractivity contribution in [3.05, 3.63) is 18.2 Å². The number of anilines is 1. The molecule has 0 saturated heterocycles. The van der Waals surface area contributed by atoms with Crippen molar-refractivity contribution in [1.29, 1.82) is 0 Å². The van der Waals surface area contributed by atoms with Crippen LogP contribution in [-0.2, 0) is 0 Å². The molecule has 5 heteroatoms. The number of nitrogens with two attached hydrogens (primary N) is 1. The van der Waals surface area contributed by atoms with Crippen LogP contribution < -0.4 is 10.5 Å². The van der Waals surface area contributed by atoms with E-state index in [9.17, 15) is 5.11 Å². The number of methoxy groups -OCH3 is 1. The van der Waals surface area contributed by atoms with E-state index in [1.165, 1.54) is 19.2 Å². The fourth-order valence-electron chi connectivity index (χ4n) is 1.21. The van der Waals surface area contributed by atoms with Crippen molar-refractivity contribution in [2.24, 2.45) is 0 Å². The van der Waals surface area contributed by atoms with Crippen LogP contribution in [0, 0.1) is 0 Å². The average Bonchev–Trinajstić information content (AvgIpc) is 2.16. The van der Waals surface area contributed by atoms with Crippen molar-refractivity contribution in [2.45, 2.75) is 0 Å². The molecule has 0 atom stereocenters. The molecule has 72 valence electrons. The highest BCUT2D eigenvalue weighted by Gasteiger charge is 2.05. The number of benzene rings is 1. The summed E-state index contributed by atoms with van der Waals surface area (Å²) in [7, 11) is 1.46. The van der Waals surface area contributed by atoms with Gasteiger partial charge in [-0.3, -0.25) is 0 Å². The SMILES string of the molecule is COc1nc(N)c2ccc(O)cc2n1. The Bertz CT molecular complexity index is 485. The highest BCUT2D eigenvalue weighted by atomic mass is 16.5. The van der Waals surface area contributed by atoms with E-state index in [0.717, 1.165) is 0 Å². The lowest BCUT2D eigenvalue weighted by Gasteiger charge is -2.03. The lowest BCUT2D eigenvalue weighted by molar-refractivity contribution is 0.382. The maximum atomic E-state index is 9.24. The number of phenols is 1. The summed E-state index contributed by atoms with van der Waals surface area (Å²) in [6.07, 6.45) is 0. The second-order valence-electron chi connectivity index (χ2n) is 2.80. The van der Waals surface area contributed by atoms with Gasteiger partial charge in [-0.05, 0) is 12.1 Å². The molecule has 0 bridgehead atoms. The van der Waals surface area contributed by atoms with Crippen molar-refractivity contribution in [1.82, 2.24) is 9.97 Å². The van der Waals surface area contributed by atoms with Crippen LogP contribution in [0.4, 0.5) is 5.82 Å². The van der Waals surface area contributed by atoms with Crippen molar-refractivity contribution < 1.29 is 9.84 Å². The number of aromatic hydroxyl groups is 1. The van der Waals surface area contributed by atoms with E-state index in [2.05, 4.69) is 9.97 Å². The molecule has 1 heterocycles. The third kappa shape index (κ3) is 1.28. The molecule has 3 N–H and O–H groups in total. The molecule has 0 aliphatic carbocycles. The zero-order chi connectivity index (χ0) is 10.1. The van der Waals surface area contributed by atoms with Gasteiger partial charge in [0.25, 0.3) is 0 Å². The van der Waals surface area contributed by atoms with Gasteiger partial charge in [-0.15, -0.1) is 0 Å². The zero-order valence-electron chi connectivity index (χ0n) is 7.56. The average molecular weight is 191 g/mol. The van der Waals surface area contributed by atoms with Gasteiger partial charge in [-0.2, -0.15) is 9.97 Å². The van der Waals surface area contributed by atoms with E-state index in [1.54, 1.807) is 6.07 Å². The van der Waals surface area contributed by atoms with Gasteiger partial charge in [0.2, 0.25) is 0 Å². The van der Waals surface area contributed by atoms with Gasteiger partial charge in [0.15, 0.2) is 0 Å². The van der Waals surface area contributed by atoms with E-state index in [-0.39, 0.29) is 11.8 Å². The van der Waals surface area contributed by atoms with Crippen LogP contribution in [0.25, 0.3) is 10.9 Å². The summed E-state index contributed by atoms with van der Waals surface area (Å²) in [6, 6.07) is 4.91. The fourth-order valence-corrected chi connectivity index (χ4v) is 1.21. The highest BCUT2D eigenvalue weighted by molar-refractivity contribution is 5.89. The topological polar surface area (TPSA) is 81.3 Å². The minimum absolute atomic E-state index is 0.137. The van der Waals surface area contributed by atoms with Crippen molar-refractivity contribution >= 4 is 16.7 Å². The summed E-state index contributed by atoms with van der Waals surface area (Å²) < 4.78 is 4.86. The zero-order valence-corrected chi connectivity index (χ0v) is 7.56. The third-order valence-corrected chi connectivity index (χ3v) is 1.87. The molecule has 0 fully saturated rings. The molecule has 0 unspecified atom stereocenters. The Morgan fingerprint density at radius 3 is 2.86 bits per heavy atom. The van der Waals surface area contributed by atoms with Crippen LogP contribution in [0.1, 0.15) is 0 Å². The van der Waals surface area contributed by atoms with Crippen LogP contribution in [0.15, 0.2) is 18.2 Å². The number of nitrogens with zero attached hydrogens (tertiary/aromatic N) is 2. The molecule has 2 aromatic rings. The van der Waals surface area contributed by atoms with Crippen molar-refractivity contribution in [3.8, 4) is 11.8 Å². The molecule has 0 radical (unpaired) electrons. The summed E-state index contributed by atoms with van der Waals surface area (Å²) in [4.78, 5) is 7.95. The molecule has 0 aliphatic heterocycles. The number of aromatic nitrogens is 2. The van der Waals surface area contributed by atoms with Gasteiger partial charge in [-0.25, -0.2) is 0 Å². The molecule has 2 rings (SSSR count). The number of phenolic OH excluding ortho intramolecular Hbond substituents is 1. The maximum absolute atomic E-state index is 9.24. The first-order valence-electron chi connectivity index (χ1n) is 4.01.